The molecule has 0 aliphatic rings. The number of hydrogen-bond acceptors (Lipinski definition) is 4. The number of rotatable bonds is 5. The summed E-state index contributed by atoms with van der Waals surface area (Å²) < 4.78 is 0. The molecule has 3 rings (SSSR count). The Morgan fingerprint density at radius 3 is 2.15 bits per heavy atom. The Kier molecular flexibility index (Phi) is 5.66. The summed E-state index contributed by atoms with van der Waals surface area (Å²) >= 11 is 1.44. The fraction of sp³-hybridized carbons (Fsp3) is 0.0500. The molecule has 26 heavy (non-hydrogen) atoms. The van der Waals surface area contributed by atoms with Gasteiger partial charge in [0.2, 0.25) is 5.91 Å². The van der Waals surface area contributed by atoms with Gasteiger partial charge in [-0.05, 0) is 48.5 Å². The molecule has 2 amide bonds. The summed E-state index contributed by atoms with van der Waals surface area (Å²) in [5.74, 6) is -0.372. The molecular weight excluding hydrogens is 346 g/mol. The molecule has 0 atom stereocenters. The van der Waals surface area contributed by atoms with Gasteiger partial charge in [-0.15, -0.1) is 0 Å². The molecule has 0 unspecified atom stereocenters. The lowest BCUT2D eigenvalue weighted by Crippen LogP contribution is -2.13. The van der Waals surface area contributed by atoms with E-state index in [4.69, 9.17) is 0 Å². The van der Waals surface area contributed by atoms with Crippen LogP contribution in [0, 0.1) is 0 Å². The molecule has 0 fully saturated rings. The number of benzene rings is 2. The summed E-state index contributed by atoms with van der Waals surface area (Å²) in [5, 5.41) is 6.19. The monoisotopic (exact) mass is 363 g/mol. The van der Waals surface area contributed by atoms with Gasteiger partial charge in [0.25, 0.3) is 5.91 Å². The highest BCUT2D eigenvalue weighted by molar-refractivity contribution is 7.99. The number of carbonyl (C=O) groups is 2. The molecule has 0 aliphatic heterocycles. The number of nitrogens with one attached hydrogen (secondary N) is 2. The van der Waals surface area contributed by atoms with Gasteiger partial charge >= 0.3 is 0 Å². The maximum Gasteiger partial charge on any atom is 0.258 e. The number of carbonyl (C=O) groups excluding carboxylic acids is 2. The van der Waals surface area contributed by atoms with Crippen molar-refractivity contribution in [3.63, 3.8) is 0 Å². The third-order valence-electron chi connectivity index (χ3n) is 3.44. The second-order valence-corrected chi connectivity index (χ2v) is 6.55. The van der Waals surface area contributed by atoms with E-state index in [2.05, 4.69) is 15.6 Å². The number of nitrogens with zero attached hydrogens (tertiary/aromatic N) is 1. The van der Waals surface area contributed by atoms with E-state index in [1.54, 1.807) is 42.6 Å². The van der Waals surface area contributed by atoms with Crippen LogP contribution < -0.4 is 10.6 Å². The van der Waals surface area contributed by atoms with E-state index in [9.17, 15) is 9.59 Å². The van der Waals surface area contributed by atoms with Gasteiger partial charge in [-0.25, -0.2) is 4.98 Å². The van der Waals surface area contributed by atoms with Gasteiger partial charge in [0, 0.05) is 29.4 Å². The molecule has 2 aromatic carbocycles. The van der Waals surface area contributed by atoms with Crippen LogP contribution in [-0.4, -0.2) is 16.8 Å². The molecular formula is C20H17N3O2S. The van der Waals surface area contributed by atoms with E-state index >= 15 is 0 Å². The van der Waals surface area contributed by atoms with Crippen molar-refractivity contribution in [3.8, 4) is 0 Å². The maximum atomic E-state index is 12.7. The van der Waals surface area contributed by atoms with Gasteiger partial charge < -0.3 is 10.6 Å². The molecule has 0 bridgehead atoms. The lowest BCUT2D eigenvalue weighted by Gasteiger charge is -2.10. The van der Waals surface area contributed by atoms with Crippen molar-refractivity contribution in [1.82, 2.24) is 4.98 Å². The molecule has 0 saturated carbocycles. The van der Waals surface area contributed by atoms with E-state index in [0.29, 0.717) is 22.0 Å². The number of hydrogen-bond donors (Lipinski definition) is 2. The van der Waals surface area contributed by atoms with Crippen LogP contribution >= 0.6 is 11.8 Å². The molecule has 0 spiro atoms. The Labute approximate surface area is 155 Å². The minimum atomic E-state index is -0.233. The van der Waals surface area contributed by atoms with Crippen molar-refractivity contribution in [2.45, 2.75) is 16.8 Å². The number of aromatic nitrogens is 1. The fourth-order valence-electron chi connectivity index (χ4n) is 2.28. The highest BCUT2D eigenvalue weighted by Gasteiger charge is 2.13. The summed E-state index contributed by atoms with van der Waals surface area (Å²) in [4.78, 5) is 29.1. The van der Waals surface area contributed by atoms with Crippen LogP contribution in [0.25, 0.3) is 0 Å². The Hall–Kier alpha value is -3.12. The average molecular weight is 363 g/mol. The minimum Gasteiger partial charge on any atom is -0.326 e. The second kappa shape index (κ2) is 8.31. The lowest BCUT2D eigenvalue weighted by atomic mass is 10.2. The van der Waals surface area contributed by atoms with Crippen molar-refractivity contribution < 1.29 is 9.59 Å². The lowest BCUT2D eigenvalue weighted by molar-refractivity contribution is -0.114. The van der Waals surface area contributed by atoms with Crippen LogP contribution in [0.15, 0.2) is 82.8 Å². The van der Waals surface area contributed by atoms with E-state index in [0.717, 1.165) is 4.90 Å². The van der Waals surface area contributed by atoms with E-state index in [-0.39, 0.29) is 11.8 Å². The SMILES string of the molecule is CC(=O)Nc1ccc(NC(=O)c2cccnc2Sc2ccccc2)cc1. The van der Waals surface area contributed by atoms with Crippen LogP contribution in [0.4, 0.5) is 11.4 Å². The maximum absolute atomic E-state index is 12.7. The average Bonchev–Trinajstić information content (AvgIpc) is 2.64. The predicted molar refractivity (Wildman–Crippen MR) is 104 cm³/mol. The first kappa shape index (κ1) is 17.7. The Balaban J connectivity index is 1.75. The Bertz CT molecular complexity index is 912. The van der Waals surface area contributed by atoms with E-state index in [1.807, 2.05) is 30.3 Å². The van der Waals surface area contributed by atoms with Crippen molar-refractivity contribution >= 4 is 35.0 Å². The van der Waals surface area contributed by atoms with E-state index < -0.39 is 0 Å². The predicted octanol–water partition coefficient (Wildman–Crippen LogP) is 4.44. The summed E-state index contributed by atoms with van der Waals surface area (Å²) in [6.45, 7) is 1.45. The smallest absolute Gasteiger partial charge is 0.258 e. The number of pyridine rings is 1. The minimum absolute atomic E-state index is 0.139. The second-order valence-electron chi connectivity index (χ2n) is 5.48. The van der Waals surface area contributed by atoms with Crippen LogP contribution in [0.2, 0.25) is 0 Å². The van der Waals surface area contributed by atoms with Crippen LogP contribution in [0.5, 0.6) is 0 Å². The highest BCUT2D eigenvalue weighted by atomic mass is 32.2. The molecule has 1 heterocycles. The molecule has 130 valence electrons. The van der Waals surface area contributed by atoms with Crippen molar-refractivity contribution in [1.29, 1.82) is 0 Å². The summed E-state index contributed by atoms with van der Waals surface area (Å²) in [6.07, 6.45) is 1.67. The topological polar surface area (TPSA) is 71.1 Å². The zero-order valence-electron chi connectivity index (χ0n) is 14.1. The number of anilines is 2. The first-order valence-electron chi connectivity index (χ1n) is 7.99. The fourth-order valence-corrected chi connectivity index (χ4v) is 3.18. The molecule has 3 aromatic rings. The molecule has 2 N–H and O–H groups in total. The largest absolute Gasteiger partial charge is 0.326 e. The van der Waals surface area contributed by atoms with Gasteiger partial charge in [-0.1, -0.05) is 30.0 Å². The zero-order valence-corrected chi connectivity index (χ0v) is 14.9. The van der Waals surface area contributed by atoms with Gasteiger partial charge in [0.05, 0.1) is 5.56 Å². The molecule has 6 heteroatoms. The van der Waals surface area contributed by atoms with Gasteiger partial charge in [-0.3, -0.25) is 9.59 Å². The highest BCUT2D eigenvalue weighted by Crippen LogP contribution is 2.28. The normalized spacial score (nSPS) is 10.2. The molecule has 0 aliphatic carbocycles. The quantitative estimate of drug-likeness (QED) is 0.703. The Morgan fingerprint density at radius 2 is 1.50 bits per heavy atom. The molecule has 1 aromatic heterocycles. The standard InChI is InChI=1S/C20H17N3O2S/c1-14(24)22-15-9-11-16(12-10-15)23-19(25)18-8-5-13-21-20(18)26-17-6-3-2-4-7-17/h2-13H,1H3,(H,22,24)(H,23,25). The van der Waals surface area contributed by atoms with Crippen LogP contribution in [-0.2, 0) is 4.79 Å². The molecule has 0 saturated heterocycles. The number of amides is 2. The van der Waals surface area contributed by atoms with Crippen LogP contribution in [0.3, 0.4) is 0 Å². The summed E-state index contributed by atoms with van der Waals surface area (Å²) in [7, 11) is 0. The van der Waals surface area contributed by atoms with Crippen molar-refractivity contribution in [2.75, 3.05) is 10.6 Å². The van der Waals surface area contributed by atoms with Crippen molar-refractivity contribution in [3.05, 3.63) is 78.5 Å². The molecule has 5 nitrogen and oxygen atoms in total. The molecule has 0 radical (unpaired) electrons. The first-order valence-corrected chi connectivity index (χ1v) is 8.80. The Morgan fingerprint density at radius 1 is 0.846 bits per heavy atom. The van der Waals surface area contributed by atoms with E-state index in [1.165, 1.54) is 18.7 Å². The summed E-state index contributed by atoms with van der Waals surface area (Å²) in [6, 6.07) is 20.2. The van der Waals surface area contributed by atoms with Gasteiger partial charge in [0.15, 0.2) is 0 Å². The summed E-state index contributed by atoms with van der Waals surface area (Å²) in [5.41, 5.74) is 1.83. The third-order valence-corrected chi connectivity index (χ3v) is 4.46. The first-order chi connectivity index (χ1) is 12.6. The van der Waals surface area contributed by atoms with Crippen LogP contribution in [0.1, 0.15) is 17.3 Å². The third kappa shape index (κ3) is 4.70. The van der Waals surface area contributed by atoms with Gasteiger partial charge in [0.1, 0.15) is 5.03 Å². The van der Waals surface area contributed by atoms with Crippen molar-refractivity contribution in [2.24, 2.45) is 0 Å². The van der Waals surface area contributed by atoms with Gasteiger partial charge in [-0.2, -0.15) is 0 Å². The zero-order chi connectivity index (χ0) is 18.4.